The summed E-state index contributed by atoms with van der Waals surface area (Å²) in [7, 11) is 2.10. The Hall–Kier alpha value is -3.07. The van der Waals surface area contributed by atoms with Crippen molar-refractivity contribution < 1.29 is 8.98 Å². The van der Waals surface area contributed by atoms with Gasteiger partial charge in [-0.25, -0.2) is 9.13 Å². The molecule has 5 aromatic rings. The van der Waals surface area contributed by atoms with Crippen LogP contribution in [0.5, 0.6) is 0 Å². The van der Waals surface area contributed by atoms with E-state index >= 15 is 0 Å². The number of hydrogen-bond donors (Lipinski definition) is 0. The van der Waals surface area contributed by atoms with Gasteiger partial charge < -0.3 is 4.42 Å². The molecule has 0 aliphatic heterocycles. The molecule has 3 aromatic heterocycles. The highest BCUT2D eigenvalue weighted by atomic mass is 16.3. The lowest BCUT2D eigenvalue weighted by atomic mass is 10.1. The molecule has 0 bridgehead atoms. The number of para-hydroxylation sites is 2. The summed E-state index contributed by atoms with van der Waals surface area (Å²) in [6, 6.07) is 21.0. The molecule has 0 atom stereocenters. The zero-order chi connectivity index (χ0) is 16.3. The number of rotatable bonds is 1. The van der Waals surface area contributed by atoms with E-state index in [0.717, 1.165) is 22.4 Å². The minimum atomic E-state index is 0.926. The number of pyridine rings is 1. The van der Waals surface area contributed by atoms with Crippen molar-refractivity contribution in [2.24, 2.45) is 7.05 Å². The molecule has 0 aliphatic carbocycles. The van der Waals surface area contributed by atoms with Crippen LogP contribution in [-0.4, -0.2) is 4.57 Å². The lowest BCUT2D eigenvalue weighted by molar-refractivity contribution is -0.638. The van der Waals surface area contributed by atoms with Crippen LogP contribution in [-0.2, 0) is 7.05 Å². The summed E-state index contributed by atoms with van der Waals surface area (Å²) in [4.78, 5) is 0. The highest BCUT2D eigenvalue weighted by Gasteiger charge is 2.25. The Morgan fingerprint density at radius 3 is 2.42 bits per heavy atom. The van der Waals surface area contributed by atoms with Crippen LogP contribution >= 0.6 is 0 Å². The largest absolute Gasteiger partial charge is 0.447 e. The fourth-order valence-corrected chi connectivity index (χ4v) is 3.69. The summed E-state index contributed by atoms with van der Waals surface area (Å²) in [5.41, 5.74) is 4.23. The molecular formula is C21H17N2O+. The third-order valence-electron chi connectivity index (χ3n) is 4.83. The van der Waals surface area contributed by atoms with Crippen LogP contribution in [0, 0.1) is 6.92 Å². The predicted molar refractivity (Wildman–Crippen MR) is 96.5 cm³/mol. The number of hydrogen-bond acceptors (Lipinski definition) is 1. The molecule has 3 heterocycles. The molecule has 0 radical (unpaired) electrons. The van der Waals surface area contributed by atoms with Crippen LogP contribution in [0.1, 0.15) is 5.69 Å². The van der Waals surface area contributed by atoms with E-state index in [2.05, 4.69) is 77.8 Å². The fourth-order valence-electron chi connectivity index (χ4n) is 3.69. The van der Waals surface area contributed by atoms with Gasteiger partial charge in [0.25, 0.3) is 0 Å². The first-order chi connectivity index (χ1) is 11.8. The first kappa shape index (κ1) is 13.4. The van der Waals surface area contributed by atoms with E-state index in [1.165, 1.54) is 22.0 Å². The maximum atomic E-state index is 6.31. The Labute approximate surface area is 139 Å². The average molecular weight is 313 g/mol. The van der Waals surface area contributed by atoms with E-state index in [4.69, 9.17) is 4.42 Å². The smallest absolute Gasteiger partial charge is 0.330 e. The molecule has 24 heavy (non-hydrogen) atoms. The van der Waals surface area contributed by atoms with Gasteiger partial charge in [0, 0.05) is 16.2 Å². The quantitative estimate of drug-likeness (QED) is 0.412. The number of benzene rings is 2. The third-order valence-corrected chi connectivity index (χ3v) is 4.83. The van der Waals surface area contributed by atoms with E-state index in [1.54, 1.807) is 0 Å². The number of aryl methyl sites for hydroxylation is 2. The fraction of sp³-hybridized carbons (Fsp3) is 0.0952. The van der Waals surface area contributed by atoms with Gasteiger partial charge in [-0.1, -0.05) is 30.3 Å². The highest BCUT2D eigenvalue weighted by molar-refractivity contribution is 6.18. The molecule has 0 spiro atoms. The van der Waals surface area contributed by atoms with Crippen molar-refractivity contribution in [3.63, 3.8) is 0 Å². The van der Waals surface area contributed by atoms with Crippen molar-refractivity contribution in [2.75, 3.05) is 0 Å². The SMILES string of the molecule is Cc1cccn1-c1c2oc3ccccc3c2c2ccccc2[n+]1C. The number of fused-ring (bicyclic) bond motifs is 5. The second-order valence-corrected chi connectivity index (χ2v) is 6.22. The average Bonchev–Trinajstić information content (AvgIpc) is 3.19. The second kappa shape index (κ2) is 4.71. The van der Waals surface area contributed by atoms with Crippen LogP contribution in [0.2, 0.25) is 0 Å². The molecule has 3 heteroatoms. The summed E-state index contributed by atoms with van der Waals surface area (Å²) in [5, 5.41) is 3.56. The molecule has 0 amide bonds. The van der Waals surface area contributed by atoms with E-state index in [1.807, 2.05) is 12.1 Å². The van der Waals surface area contributed by atoms with Gasteiger partial charge in [0.15, 0.2) is 0 Å². The van der Waals surface area contributed by atoms with Gasteiger partial charge in [0.1, 0.15) is 16.8 Å². The van der Waals surface area contributed by atoms with Gasteiger partial charge >= 0.3 is 5.82 Å². The Morgan fingerprint density at radius 1 is 0.875 bits per heavy atom. The standard InChI is InChI=1S/C21H17N2O/c1-14-8-7-13-23(14)21-20-19(16-10-4-6-12-18(16)24-20)15-9-3-5-11-17(15)22(21)2/h3-13H,1-2H3/q+1. The lowest BCUT2D eigenvalue weighted by Crippen LogP contribution is -2.35. The van der Waals surface area contributed by atoms with Crippen LogP contribution in [0.4, 0.5) is 0 Å². The van der Waals surface area contributed by atoms with Gasteiger partial charge in [0.2, 0.25) is 5.58 Å². The first-order valence-electron chi connectivity index (χ1n) is 8.12. The Balaban J connectivity index is 2.12. The number of furan rings is 1. The molecule has 5 rings (SSSR count). The minimum absolute atomic E-state index is 0.926. The summed E-state index contributed by atoms with van der Waals surface area (Å²) in [6.45, 7) is 2.11. The van der Waals surface area contributed by atoms with Crippen molar-refractivity contribution in [1.82, 2.24) is 4.57 Å². The van der Waals surface area contributed by atoms with Crippen molar-refractivity contribution in [3.8, 4) is 5.82 Å². The zero-order valence-electron chi connectivity index (χ0n) is 13.7. The predicted octanol–water partition coefficient (Wildman–Crippen LogP) is 4.66. The molecule has 0 N–H and O–H groups in total. The molecule has 0 aliphatic rings. The third kappa shape index (κ3) is 1.64. The maximum absolute atomic E-state index is 6.31. The van der Waals surface area contributed by atoms with E-state index in [0.29, 0.717) is 0 Å². The Kier molecular flexibility index (Phi) is 2.63. The summed E-state index contributed by atoms with van der Waals surface area (Å²) in [6.07, 6.45) is 2.09. The van der Waals surface area contributed by atoms with Crippen LogP contribution in [0.15, 0.2) is 71.3 Å². The van der Waals surface area contributed by atoms with Crippen LogP contribution < -0.4 is 4.57 Å². The van der Waals surface area contributed by atoms with Crippen molar-refractivity contribution in [1.29, 1.82) is 0 Å². The van der Waals surface area contributed by atoms with Gasteiger partial charge in [-0.05, 0) is 37.3 Å². The molecule has 0 saturated heterocycles. The van der Waals surface area contributed by atoms with Gasteiger partial charge in [0.05, 0.1) is 13.2 Å². The number of nitrogens with zero attached hydrogens (tertiary/aromatic N) is 2. The van der Waals surface area contributed by atoms with Crippen molar-refractivity contribution in [2.45, 2.75) is 6.92 Å². The Morgan fingerprint density at radius 2 is 1.62 bits per heavy atom. The first-order valence-corrected chi connectivity index (χ1v) is 8.12. The number of aromatic nitrogens is 2. The molecule has 0 unspecified atom stereocenters. The molecule has 116 valence electrons. The van der Waals surface area contributed by atoms with Gasteiger partial charge in [-0.15, -0.1) is 0 Å². The second-order valence-electron chi connectivity index (χ2n) is 6.22. The normalized spacial score (nSPS) is 11.8. The minimum Gasteiger partial charge on any atom is -0.447 e. The molecule has 3 nitrogen and oxygen atoms in total. The van der Waals surface area contributed by atoms with Crippen molar-refractivity contribution in [3.05, 3.63) is 72.6 Å². The van der Waals surface area contributed by atoms with Gasteiger partial charge in [-0.3, -0.25) is 0 Å². The van der Waals surface area contributed by atoms with Crippen LogP contribution in [0.25, 0.3) is 38.7 Å². The van der Waals surface area contributed by atoms with E-state index in [-0.39, 0.29) is 0 Å². The monoisotopic (exact) mass is 313 g/mol. The van der Waals surface area contributed by atoms with Crippen LogP contribution in [0.3, 0.4) is 0 Å². The van der Waals surface area contributed by atoms with E-state index < -0.39 is 0 Å². The molecule has 2 aromatic carbocycles. The molecular weight excluding hydrogens is 296 g/mol. The van der Waals surface area contributed by atoms with Crippen molar-refractivity contribution >= 4 is 32.8 Å². The Bertz CT molecular complexity index is 1230. The maximum Gasteiger partial charge on any atom is 0.330 e. The van der Waals surface area contributed by atoms with E-state index in [9.17, 15) is 0 Å². The molecule has 0 fully saturated rings. The summed E-state index contributed by atoms with van der Waals surface area (Å²) >= 11 is 0. The lowest BCUT2D eigenvalue weighted by Gasteiger charge is -2.08. The topological polar surface area (TPSA) is 21.9 Å². The zero-order valence-corrected chi connectivity index (χ0v) is 13.7. The summed E-state index contributed by atoms with van der Waals surface area (Å²) in [5.74, 6) is 1.06. The summed E-state index contributed by atoms with van der Waals surface area (Å²) < 4.78 is 10.7. The molecule has 0 saturated carbocycles. The highest BCUT2D eigenvalue weighted by Crippen LogP contribution is 2.36. The van der Waals surface area contributed by atoms with Gasteiger partial charge in [-0.2, -0.15) is 0 Å².